The number of ether oxygens (including phenoxy) is 2. The number of aryl methyl sites for hydroxylation is 1. The molecule has 162 valence electrons. The van der Waals surface area contributed by atoms with E-state index in [4.69, 9.17) is 9.47 Å². The van der Waals surface area contributed by atoms with Crippen molar-refractivity contribution in [2.24, 2.45) is 0 Å². The molecule has 1 saturated heterocycles. The lowest BCUT2D eigenvalue weighted by molar-refractivity contribution is -0.146. The summed E-state index contributed by atoms with van der Waals surface area (Å²) in [4.78, 5) is 31.3. The van der Waals surface area contributed by atoms with Gasteiger partial charge in [-0.3, -0.25) is 9.59 Å². The van der Waals surface area contributed by atoms with Crippen LogP contribution in [0.25, 0.3) is 11.0 Å². The van der Waals surface area contributed by atoms with Gasteiger partial charge in [0.2, 0.25) is 0 Å². The number of pyridine rings is 1. The van der Waals surface area contributed by atoms with Crippen molar-refractivity contribution in [1.29, 1.82) is 0 Å². The van der Waals surface area contributed by atoms with Gasteiger partial charge in [-0.05, 0) is 43.9 Å². The van der Waals surface area contributed by atoms with Crippen LogP contribution < -0.4 is 5.32 Å². The summed E-state index contributed by atoms with van der Waals surface area (Å²) in [5.74, 6) is -0.106. The first kappa shape index (κ1) is 20.8. The third-order valence-corrected chi connectivity index (χ3v) is 5.62. The van der Waals surface area contributed by atoms with Gasteiger partial charge in [-0.25, -0.2) is 4.98 Å². The number of carbonyl (C=O) groups excluding carboxylic acids is 2. The van der Waals surface area contributed by atoms with Gasteiger partial charge in [0.15, 0.2) is 0 Å². The van der Waals surface area contributed by atoms with Crippen molar-refractivity contribution >= 4 is 22.9 Å². The van der Waals surface area contributed by atoms with Gasteiger partial charge in [-0.1, -0.05) is 0 Å². The number of hydrogen-bond donors (Lipinski definition) is 1. The van der Waals surface area contributed by atoms with E-state index >= 15 is 0 Å². The van der Waals surface area contributed by atoms with E-state index in [0.717, 1.165) is 36.0 Å². The lowest BCUT2D eigenvalue weighted by atomic mass is 10.2. The smallest absolute Gasteiger partial charge is 0.305 e. The lowest BCUT2D eigenvalue weighted by Gasteiger charge is -2.30. The molecule has 1 N–H and O–H groups in total. The van der Waals surface area contributed by atoms with E-state index in [1.807, 2.05) is 24.0 Å². The number of aromatic nitrogens is 2. The van der Waals surface area contributed by atoms with Crippen LogP contribution in [0.15, 0.2) is 24.5 Å². The SMILES string of the molecule is CCOC(=O)CCCn1cc(CN(C(=O)C2CNCCO2)C2CC2)c2cccnc21. The van der Waals surface area contributed by atoms with Gasteiger partial charge in [0.25, 0.3) is 5.91 Å². The number of nitrogens with zero attached hydrogens (tertiary/aromatic N) is 3. The van der Waals surface area contributed by atoms with Gasteiger partial charge < -0.3 is 24.3 Å². The predicted octanol–water partition coefficient (Wildman–Crippen LogP) is 1.86. The van der Waals surface area contributed by atoms with Crippen molar-refractivity contribution in [3.63, 3.8) is 0 Å². The quantitative estimate of drug-likeness (QED) is 0.631. The monoisotopic (exact) mass is 414 g/mol. The first-order chi connectivity index (χ1) is 14.7. The largest absolute Gasteiger partial charge is 0.466 e. The van der Waals surface area contributed by atoms with Gasteiger partial charge >= 0.3 is 5.97 Å². The van der Waals surface area contributed by atoms with Crippen LogP contribution in [-0.4, -0.2) is 64.8 Å². The van der Waals surface area contributed by atoms with E-state index in [2.05, 4.69) is 21.1 Å². The highest BCUT2D eigenvalue weighted by molar-refractivity contribution is 5.84. The van der Waals surface area contributed by atoms with Crippen molar-refractivity contribution in [2.45, 2.75) is 57.8 Å². The maximum absolute atomic E-state index is 13.1. The van der Waals surface area contributed by atoms with Gasteiger partial charge in [0.05, 0.1) is 13.2 Å². The maximum atomic E-state index is 13.1. The molecule has 2 fully saturated rings. The third kappa shape index (κ3) is 4.82. The summed E-state index contributed by atoms with van der Waals surface area (Å²) in [6.07, 6.45) is 6.60. The number of carbonyl (C=O) groups is 2. The van der Waals surface area contributed by atoms with Crippen LogP contribution in [0.3, 0.4) is 0 Å². The van der Waals surface area contributed by atoms with Crippen LogP contribution in [0, 0.1) is 0 Å². The van der Waals surface area contributed by atoms with Crippen LogP contribution in [0.1, 0.15) is 38.2 Å². The van der Waals surface area contributed by atoms with E-state index in [9.17, 15) is 9.59 Å². The van der Waals surface area contributed by atoms with E-state index in [1.165, 1.54) is 0 Å². The Bertz CT molecular complexity index is 886. The molecule has 2 aromatic rings. The minimum Gasteiger partial charge on any atom is -0.466 e. The Kier molecular flexibility index (Phi) is 6.64. The summed E-state index contributed by atoms with van der Waals surface area (Å²) < 4.78 is 12.8. The van der Waals surface area contributed by atoms with Gasteiger partial charge in [-0.15, -0.1) is 0 Å². The van der Waals surface area contributed by atoms with Crippen LogP contribution >= 0.6 is 0 Å². The third-order valence-electron chi connectivity index (χ3n) is 5.62. The summed E-state index contributed by atoms with van der Waals surface area (Å²) in [6.45, 7) is 5.38. The molecule has 1 unspecified atom stereocenters. The van der Waals surface area contributed by atoms with E-state index in [-0.39, 0.29) is 11.9 Å². The topological polar surface area (TPSA) is 85.7 Å². The fourth-order valence-electron chi connectivity index (χ4n) is 3.98. The molecule has 1 saturated carbocycles. The van der Waals surface area contributed by atoms with Gasteiger partial charge in [0, 0.05) is 56.4 Å². The predicted molar refractivity (Wildman–Crippen MR) is 112 cm³/mol. The van der Waals surface area contributed by atoms with E-state index in [0.29, 0.717) is 51.7 Å². The van der Waals surface area contributed by atoms with E-state index < -0.39 is 6.10 Å². The van der Waals surface area contributed by atoms with Crippen molar-refractivity contribution in [3.05, 3.63) is 30.1 Å². The molecule has 3 heterocycles. The summed E-state index contributed by atoms with van der Waals surface area (Å²) in [5.41, 5.74) is 1.97. The molecule has 1 aliphatic carbocycles. The molecule has 8 nitrogen and oxygen atoms in total. The highest BCUT2D eigenvalue weighted by Crippen LogP contribution is 2.31. The van der Waals surface area contributed by atoms with E-state index in [1.54, 1.807) is 6.20 Å². The first-order valence-corrected chi connectivity index (χ1v) is 10.9. The van der Waals surface area contributed by atoms with Crippen molar-refractivity contribution in [2.75, 3.05) is 26.3 Å². The maximum Gasteiger partial charge on any atom is 0.305 e. The zero-order valence-corrected chi connectivity index (χ0v) is 17.5. The number of fused-ring (bicyclic) bond motifs is 1. The van der Waals surface area contributed by atoms with Gasteiger partial charge in [-0.2, -0.15) is 0 Å². The van der Waals surface area contributed by atoms with Crippen LogP contribution in [0.5, 0.6) is 0 Å². The zero-order chi connectivity index (χ0) is 20.9. The molecule has 0 spiro atoms. The Hall–Kier alpha value is -2.45. The number of amides is 1. The van der Waals surface area contributed by atoms with Crippen LogP contribution in [0.2, 0.25) is 0 Å². The Morgan fingerprint density at radius 2 is 2.27 bits per heavy atom. The van der Waals surface area contributed by atoms with Crippen LogP contribution in [-0.2, 0) is 32.2 Å². The second kappa shape index (κ2) is 9.57. The Morgan fingerprint density at radius 3 is 3.00 bits per heavy atom. The molecular formula is C22H30N4O4. The molecular weight excluding hydrogens is 384 g/mol. The summed E-state index contributed by atoms with van der Waals surface area (Å²) in [5, 5.41) is 4.30. The summed E-state index contributed by atoms with van der Waals surface area (Å²) in [6, 6.07) is 4.27. The second-order valence-corrected chi connectivity index (χ2v) is 7.89. The molecule has 1 amide bonds. The molecule has 0 bridgehead atoms. The second-order valence-electron chi connectivity index (χ2n) is 7.89. The van der Waals surface area contributed by atoms with Crippen molar-refractivity contribution in [3.8, 4) is 0 Å². The number of morpholine rings is 1. The number of rotatable bonds is 9. The lowest BCUT2D eigenvalue weighted by Crippen LogP contribution is -2.49. The van der Waals surface area contributed by atoms with Gasteiger partial charge in [0.1, 0.15) is 11.8 Å². The molecule has 0 aromatic carbocycles. The average molecular weight is 415 g/mol. The molecule has 1 aliphatic heterocycles. The molecule has 0 radical (unpaired) electrons. The minimum absolute atomic E-state index is 0.0665. The Morgan fingerprint density at radius 1 is 1.40 bits per heavy atom. The van der Waals surface area contributed by atoms with Crippen molar-refractivity contribution in [1.82, 2.24) is 19.8 Å². The highest BCUT2D eigenvalue weighted by atomic mass is 16.5. The highest BCUT2D eigenvalue weighted by Gasteiger charge is 2.37. The summed E-state index contributed by atoms with van der Waals surface area (Å²) in [7, 11) is 0. The first-order valence-electron chi connectivity index (χ1n) is 10.9. The number of esters is 1. The molecule has 2 aromatic heterocycles. The zero-order valence-electron chi connectivity index (χ0n) is 17.5. The van der Waals surface area contributed by atoms with Crippen molar-refractivity contribution < 1.29 is 19.1 Å². The number of nitrogens with one attached hydrogen (secondary N) is 1. The number of hydrogen-bond acceptors (Lipinski definition) is 6. The summed E-state index contributed by atoms with van der Waals surface area (Å²) >= 11 is 0. The molecule has 2 aliphatic rings. The molecule has 30 heavy (non-hydrogen) atoms. The van der Waals surface area contributed by atoms with Crippen LogP contribution in [0.4, 0.5) is 0 Å². The Balaban J connectivity index is 1.50. The average Bonchev–Trinajstić information content (AvgIpc) is 3.55. The fraction of sp³-hybridized carbons (Fsp3) is 0.591. The standard InChI is InChI=1S/C22H30N4O4/c1-2-29-20(27)6-4-11-25-14-16(18-5-3-9-24-21(18)25)15-26(17-7-8-17)22(28)19-13-23-10-12-30-19/h3,5,9,14,17,19,23H,2,4,6-8,10-13,15H2,1H3. The Labute approximate surface area is 176 Å². The normalized spacial score (nSPS) is 19.0. The molecule has 4 rings (SSSR count). The fourth-order valence-corrected chi connectivity index (χ4v) is 3.98. The molecule has 1 atom stereocenters. The molecule has 8 heteroatoms. The minimum atomic E-state index is -0.407.